The second-order valence-electron chi connectivity index (χ2n) is 7.67. The van der Waals surface area contributed by atoms with Gasteiger partial charge in [0.05, 0.1) is 0 Å². The lowest BCUT2D eigenvalue weighted by molar-refractivity contribution is 0.0907. The van der Waals surface area contributed by atoms with E-state index in [2.05, 4.69) is 32.3 Å². The van der Waals surface area contributed by atoms with Crippen LogP contribution in [0.25, 0.3) is 11.4 Å². The molecule has 2 aromatic heterocycles. The minimum atomic E-state index is -0.385. The lowest BCUT2D eigenvalue weighted by Crippen LogP contribution is -2.33. The third kappa shape index (κ3) is 4.62. The monoisotopic (exact) mass is 391 g/mol. The highest BCUT2D eigenvalue weighted by molar-refractivity contribution is 5.89. The minimum Gasteiger partial charge on any atom is -0.357 e. The largest absolute Gasteiger partial charge is 0.357 e. The molecule has 0 bridgehead atoms. The molecule has 4 rings (SSSR count). The Morgan fingerprint density at radius 3 is 2.86 bits per heavy atom. The van der Waals surface area contributed by atoms with E-state index in [1.54, 1.807) is 6.20 Å². The molecule has 1 amide bonds. The molecule has 0 aliphatic carbocycles. The number of hydrogen-bond acceptors (Lipinski definition) is 6. The fourth-order valence-corrected chi connectivity index (χ4v) is 3.48. The number of rotatable bonds is 5. The summed E-state index contributed by atoms with van der Waals surface area (Å²) in [6.07, 6.45) is 4.08. The van der Waals surface area contributed by atoms with Gasteiger partial charge in [-0.3, -0.25) is 4.79 Å². The van der Waals surface area contributed by atoms with E-state index in [1.807, 2.05) is 43.3 Å². The number of pyridine rings is 1. The van der Waals surface area contributed by atoms with Crippen LogP contribution in [0.2, 0.25) is 0 Å². The topological polar surface area (TPSA) is 84.2 Å². The molecular formula is C22H25N5O2. The van der Waals surface area contributed by atoms with Crippen molar-refractivity contribution >= 4 is 11.7 Å². The summed E-state index contributed by atoms with van der Waals surface area (Å²) in [5, 5.41) is 6.80. The van der Waals surface area contributed by atoms with E-state index in [0.29, 0.717) is 12.4 Å². The fraction of sp³-hybridized carbons (Fsp3) is 0.364. The van der Waals surface area contributed by atoms with Gasteiger partial charge in [-0.1, -0.05) is 41.9 Å². The van der Waals surface area contributed by atoms with Crippen molar-refractivity contribution in [3.8, 4) is 11.4 Å². The molecule has 0 atom stereocenters. The number of benzene rings is 1. The first-order valence-electron chi connectivity index (χ1n) is 9.97. The van der Waals surface area contributed by atoms with Crippen LogP contribution in [0.5, 0.6) is 0 Å². The molecule has 1 N–H and O–H groups in total. The number of hydrogen-bond donors (Lipinski definition) is 1. The van der Waals surface area contributed by atoms with Crippen molar-refractivity contribution in [2.75, 3.05) is 18.0 Å². The maximum atomic E-state index is 12.4. The number of aromatic nitrogens is 3. The second-order valence-corrected chi connectivity index (χ2v) is 7.67. The molecule has 7 nitrogen and oxygen atoms in total. The fourth-order valence-electron chi connectivity index (χ4n) is 3.48. The van der Waals surface area contributed by atoms with Gasteiger partial charge in [0.15, 0.2) is 0 Å². The van der Waals surface area contributed by atoms with E-state index in [9.17, 15) is 4.79 Å². The number of amides is 1. The zero-order chi connectivity index (χ0) is 20.2. The Hall–Kier alpha value is -3.22. The second kappa shape index (κ2) is 8.43. The molecule has 7 heteroatoms. The van der Waals surface area contributed by atoms with E-state index >= 15 is 0 Å². The Kier molecular flexibility index (Phi) is 5.55. The summed E-state index contributed by atoms with van der Waals surface area (Å²) >= 11 is 0. The van der Waals surface area contributed by atoms with E-state index in [1.165, 1.54) is 12.8 Å². The summed E-state index contributed by atoms with van der Waals surface area (Å²) in [6.45, 7) is 6.70. The Balaban J connectivity index is 1.43. The maximum absolute atomic E-state index is 12.4. The van der Waals surface area contributed by atoms with Gasteiger partial charge in [-0.05, 0) is 43.4 Å². The van der Waals surface area contributed by atoms with Crippen molar-refractivity contribution in [3.63, 3.8) is 0 Å². The first-order valence-corrected chi connectivity index (χ1v) is 9.97. The third-order valence-electron chi connectivity index (χ3n) is 5.27. The lowest BCUT2D eigenvalue weighted by Gasteiger charge is -2.31. The molecule has 1 saturated heterocycles. The van der Waals surface area contributed by atoms with Gasteiger partial charge in [0, 0.05) is 31.4 Å². The molecule has 3 heterocycles. The molecule has 1 aromatic carbocycles. The van der Waals surface area contributed by atoms with Gasteiger partial charge < -0.3 is 14.7 Å². The summed E-state index contributed by atoms with van der Waals surface area (Å²) in [6, 6.07) is 11.8. The van der Waals surface area contributed by atoms with Crippen LogP contribution >= 0.6 is 0 Å². The predicted molar refractivity (Wildman–Crippen MR) is 110 cm³/mol. The summed E-state index contributed by atoms with van der Waals surface area (Å²) in [5.74, 6) is 1.62. The Bertz CT molecular complexity index is 992. The Morgan fingerprint density at radius 2 is 2.07 bits per heavy atom. The quantitative estimate of drug-likeness (QED) is 0.715. The molecule has 0 unspecified atom stereocenters. The van der Waals surface area contributed by atoms with Crippen LogP contribution in [0, 0.1) is 12.8 Å². The average molecular weight is 391 g/mol. The van der Waals surface area contributed by atoms with Crippen LogP contribution in [0.4, 0.5) is 5.82 Å². The van der Waals surface area contributed by atoms with Crippen LogP contribution in [0.3, 0.4) is 0 Å². The zero-order valence-corrected chi connectivity index (χ0v) is 16.8. The zero-order valence-electron chi connectivity index (χ0n) is 16.8. The van der Waals surface area contributed by atoms with Gasteiger partial charge in [-0.2, -0.15) is 4.98 Å². The van der Waals surface area contributed by atoms with Crippen molar-refractivity contribution in [3.05, 3.63) is 59.6 Å². The highest BCUT2D eigenvalue weighted by Crippen LogP contribution is 2.25. The van der Waals surface area contributed by atoms with Crippen LogP contribution in [0.15, 0.2) is 47.1 Å². The number of nitrogens with zero attached hydrogens (tertiary/aromatic N) is 4. The van der Waals surface area contributed by atoms with Crippen LogP contribution in [0.1, 0.15) is 41.6 Å². The summed E-state index contributed by atoms with van der Waals surface area (Å²) in [4.78, 5) is 23.4. The molecule has 0 spiro atoms. The van der Waals surface area contributed by atoms with Gasteiger partial charge >= 0.3 is 11.8 Å². The van der Waals surface area contributed by atoms with Crippen molar-refractivity contribution < 1.29 is 9.32 Å². The number of aryl methyl sites for hydroxylation is 1. The molecule has 1 fully saturated rings. The highest BCUT2D eigenvalue weighted by Gasteiger charge is 2.19. The summed E-state index contributed by atoms with van der Waals surface area (Å²) in [7, 11) is 0. The summed E-state index contributed by atoms with van der Waals surface area (Å²) < 4.78 is 5.19. The van der Waals surface area contributed by atoms with E-state index in [4.69, 9.17) is 4.52 Å². The van der Waals surface area contributed by atoms with Gasteiger partial charge in [0.25, 0.3) is 0 Å². The SMILES string of the molecule is Cc1cccc(CNC(=O)c2nc(-c3ccnc(N4CCC(C)CC4)c3)no2)c1. The summed E-state index contributed by atoms with van der Waals surface area (Å²) in [5.41, 5.74) is 2.95. The number of nitrogens with one attached hydrogen (secondary N) is 1. The molecule has 3 aromatic rings. The third-order valence-corrected chi connectivity index (χ3v) is 5.27. The smallest absolute Gasteiger partial charge is 0.316 e. The van der Waals surface area contributed by atoms with Gasteiger partial charge in [0.1, 0.15) is 5.82 Å². The number of piperidine rings is 1. The number of carbonyl (C=O) groups excluding carboxylic acids is 1. The van der Waals surface area contributed by atoms with Crippen LogP contribution < -0.4 is 10.2 Å². The standard InChI is InChI=1S/C22H25N5O2/c1-15-7-10-27(11-8-15)19-13-18(6-9-23-19)20-25-22(29-26-20)21(28)24-14-17-5-3-4-16(2)12-17/h3-6,9,12-13,15H,7-8,10-11,14H2,1-2H3,(H,24,28). The van der Waals surface area contributed by atoms with E-state index in [-0.39, 0.29) is 11.8 Å². The highest BCUT2D eigenvalue weighted by atomic mass is 16.5. The molecular weight excluding hydrogens is 366 g/mol. The number of carbonyl (C=O) groups is 1. The first-order chi connectivity index (χ1) is 14.1. The Labute approximate surface area is 170 Å². The first kappa shape index (κ1) is 19.1. The van der Waals surface area contributed by atoms with Crippen molar-refractivity contribution in [2.24, 2.45) is 5.92 Å². The van der Waals surface area contributed by atoms with Crippen LogP contribution in [-0.4, -0.2) is 34.1 Å². The Morgan fingerprint density at radius 1 is 1.24 bits per heavy atom. The normalized spacial score (nSPS) is 14.8. The average Bonchev–Trinajstić information content (AvgIpc) is 3.23. The van der Waals surface area contributed by atoms with Gasteiger partial charge in [0.2, 0.25) is 5.82 Å². The lowest BCUT2D eigenvalue weighted by atomic mass is 9.99. The molecule has 150 valence electrons. The van der Waals surface area contributed by atoms with Crippen molar-refractivity contribution in [2.45, 2.75) is 33.2 Å². The molecule has 0 saturated carbocycles. The maximum Gasteiger partial charge on any atom is 0.316 e. The van der Waals surface area contributed by atoms with Gasteiger partial charge in [-0.15, -0.1) is 0 Å². The van der Waals surface area contributed by atoms with Crippen molar-refractivity contribution in [1.29, 1.82) is 0 Å². The van der Waals surface area contributed by atoms with E-state index < -0.39 is 0 Å². The van der Waals surface area contributed by atoms with Crippen LogP contribution in [-0.2, 0) is 6.54 Å². The van der Waals surface area contributed by atoms with E-state index in [0.717, 1.165) is 41.5 Å². The minimum absolute atomic E-state index is 0.0437. The molecule has 29 heavy (non-hydrogen) atoms. The van der Waals surface area contributed by atoms with Gasteiger partial charge in [-0.25, -0.2) is 4.98 Å². The predicted octanol–water partition coefficient (Wildman–Crippen LogP) is 3.61. The molecule has 0 radical (unpaired) electrons. The molecule has 1 aliphatic heterocycles. The number of anilines is 1. The molecule has 1 aliphatic rings. The van der Waals surface area contributed by atoms with Crippen molar-refractivity contribution in [1.82, 2.24) is 20.4 Å².